The third-order valence-electron chi connectivity index (χ3n) is 5.04. The highest BCUT2D eigenvalue weighted by Crippen LogP contribution is 2.32. The van der Waals surface area contributed by atoms with Crippen LogP contribution < -0.4 is 10.1 Å². The molecule has 146 valence electrons. The molecule has 0 aliphatic rings. The first-order chi connectivity index (χ1) is 14.2. The van der Waals surface area contributed by atoms with E-state index in [0.29, 0.717) is 17.9 Å². The number of nitrogens with zero attached hydrogens (tertiary/aromatic N) is 2. The molecule has 2 aromatic heterocycles. The number of benzene rings is 2. The van der Waals surface area contributed by atoms with Gasteiger partial charge in [-0.15, -0.1) is 0 Å². The second-order valence-corrected chi connectivity index (χ2v) is 6.83. The van der Waals surface area contributed by atoms with Gasteiger partial charge in [-0.1, -0.05) is 55.5 Å². The summed E-state index contributed by atoms with van der Waals surface area (Å²) in [5.41, 5.74) is 3.38. The maximum atomic E-state index is 13.2. The Hall–Kier alpha value is -3.60. The highest BCUT2D eigenvalue weighted by molar-refractivity contribution is 5.98. The molecule has 4 aromatic rings. The van der Waals surface area contributed by atoms with Crippen molar-refractivity contribution in [3.63, 3.8) is 0 Å². The molecule has 0 bridgehead atoms. The first-order valence-electron chi connectivity index (χ1n) is 9.68. The molecule has 0 saturated carbocycles. The Morgan fingerprint density at radius 2 is 1.86 bits per heavy atom. The molecule has 5 nitrogen and oxygen atoms in total. The van der Waals surface area contributed by atoms with Crippen molar-refractivity contribution in [2.45, 2.75) is 19.3 Å². The van der Waals surface area contributed by atoms with Crippen LogP contribution in [0, 0.1) is 0 Å². The molecule has 29 heavy (non-hydrogen) atoms. The summed E-state index contributed by atoms with van der Waals surface area (Å²) in [6.45, 7) is 2.02. The first-order valence-corrected chi connectivity index (χ1v) is 9.68. The lowest BCUT2D eigenvalue weighted by molar-refractivity contribution is -0.117. The van der Waals surface area contributed by atoms with E-state index in [9.17, 15) is 4.79 Å². The van der Waals surface area contributed by atoms with Crippen molar-refractivity contribution >= 4 is 17.4 Å². The van der Waals surface area contributed by atoms with Gasteiger partial charge in [0.25, 0.3) is 0 Å². The highest BCUT2D eigenvalue weighted by atomic mass is 16.5. The number of amides is 1. The van der Waals surface area contributed by atoms with E-state index < -0.39 is 0 Å². The molecule has 1 amide bonds. The topological polar surface area (TPSA) is 55.6 Å². The molecule has 0 spiro atoms. The largest absolute Gasteiger partial charge is 0.497 e. The van der Waals surface area contributed by atoms with Crippen molar-refractivity contribution in [3.8, 4) is 17.0 Å². The number of fused-ring (bicyclic) bond motifs is 1. The number of aromatic nitrogens is 2. The maximum Gasteiger partial charge on any atom is 0.233 e. The van der Waals surface area contributed by atoms with Gasteiger partial charge in [0.2, 0.25) is 5.91 Å². The molecule has 0 aliphatic carbocycles. The Labute approximate surface area is 170 Å². The summed E-state index contributed by atoms with van der Waals surface area (Å²) < 4.78 is 7.27. The summed E-state index contributed by atoms with van der Waals surface area (Å²) in [7, 11) is 1.64. The third kappa shape index (κ3) is 3.72. The number of rotatable bonds is 6. The van der Waals surface area contributed by atoms with Crippen LogP contribution in [0.1, 0.15) is 24.8 Å². The van der Waals surface area contributed by atoms with Gasteiger partial charge < -0.3 is 10.1 Å². The van der Waals surface area contributed by atoms with Crippen LogP contribution in [-0.4, -0.2) is 22.4 Å². The summed E-state index contributed by atoms with van der Waals surface area (Å²) in [6, 6.07) is 23.3. The number of anilines is 1. The van der Waals surface area contributed by atoms with Gasteiger partial charge in [0.1, 0.15) is 22.9 Å². The monoisotopic (exact) mass is 385 g/mol. The van der Waals surface area contributed by atoms with Crippen LogP contribution in [0.4, 0.5) is 5.82 Å². The second-order valence-electron chi connectivity index (χ2n) is 6.83. The van der Waals surface area contributed by atoms with Crippen LogP contribution in [0.15, 0.2) is 79.0 Å². The number of carbonyl (C=O) groups excluding carboxylic acids is 1. The van der Waals surface area contributed by atoms with Gasteiger partial charge >= 0.3 is 0 Å². The molecule has 0 unspecified atom stereocenters. The molecule has 5 heteroatoms. The van der Waals surface area contributed by atoms with Crippen molar-refractivity contribution in [2.24, 2.45) is 0 Å². The second kappa shape index (κ2) is 8.19. The van der Waals surface area contributed by atoms with Crippen LogP contribution in [0.25, 0.3) is 16.9 Å². The van der Waals surface area contributed by atoms with Gasteiger partial charge in [-0.05, 0) is 36.2 Å². The van der Waals surface area contributed by atoms with Crippen molar-refractivity contribution in [1.82, 2.24) is 9.38 Å². The fraction of sp³-hybridized carbons (Fsp3) is 0.167. The Morgan fingerprint density at radius 1 is 1.07 bits per heavy atom. The standard InChI is InChI=1S/C24H23N3O2/c1-3-20(17-10-5-4-6-11-17)24(28)26-23-22(18-12-9-13-19(16-18)29-2)25-21-14-7-8-15-27(21)23/h4-16,20H,3H2,1-2H3,(H,26,28)/t20-/m1/s1. The van der Waals surface area contributed by atoms with E-state index in [1.54, 1.807) is 7.11 Å². The van der Waals surface area contributed by atoms with Crippen molar-refractivity contribution in [1.29, 1.82) is 0 Å². The van der Waals surface area contributed by atoms with E-state index in [0.717, 1.165) is 22.5 Å². The molecule has 0 saturated heterocycles. The number of imidazole rings is 1. The molecule has 0 aliphatic heterocycles. The van der Waals surface area contributed by atoms with Gasteiger partial charge in [-0.2, -0.15) is 0 Å². The summed E-state index contributed by atoms with van der Waals surface area (Å²) in [5, 5.41) is 3.14. The fourth-order valence-electron chi connectivity index (χ4n) is 3.55. The lowest BCUT2D eigenvalue weighted by Gasteiger charge is -2.16. The summed E-state index contributed by atoms with van der Waals surface area (Å²) >= 11 is 0. The van der Waals surface area contributed by atoms with E-state index >= 15 is 0 Å². The molecule has 1 N–H and O–H groups in total. The predicted octanol–water partition coefficient (Wildman–Crippen LogP) is 5.14. The number of hydrogen-bond acceptors (Lipinski definition) is 3. The normalized spacial score (nSPS) is 11.9. The van der Waals surface area contributed by atoms with Crippen LogP contribution in [0.5, 0.6) is 5.75 Å². The van der Waals surface area contributed by atoms with E-state index in [1.807, 2.05) is 90.3 Å². The number of nitrogens with one attached hydrogen (secondary N) is 1. The van der Waals surface area contributed by atoms with Crippen LogP contribution in [0.3, 0.4) is 0 Å². The van der Waals surface area contributed by atoms with Crippen molar-refractivity contribution < 1.29 is 9.53 Å². The Balaban J connectivity index is 1.77. The van der Waals surface area contributed by atoms with Gasteiger partial charge in [-0.25, -0.2) is 4.98 Å². The minimum Gasteiger partial charge on any atom is -0.497 e. The maximum absolute atomic E-state index is 13.2. The van der Waals surface area contributed by atoms with Crippen LogP contribution in [0.2, 0.25) is 0 Å². The summed E-state index contributed by atoms with van der Waals surface area (Å²) in [5.74, 6) is 1.12. The molecule has 4 rings (SSSR count). The molecule has 0 radical (unpaired) electrons. The smallest absolute Gasteiger partial charge is 0.233 e. The Kier molecular flexibility index (Phi) is 5.29. The number of hydrogen-bond donors (Lipinski definition) is 1. The zero-order valence-electron chi connectivity index (χ0n) is 16.5. The quantitative estimate of drug-likeness (QED) is 0.500. The SMILES string of the molecule is CC[C@@H](C(=O)Nc1c(-c2cccc(OC)c2)nc2ccccn12)c1ccccc1. The average Bonchev–Trinajstić information content (AvgIpc) is 3.13. The Bertz CT molecular complexity index is 1140. The zero-order chi connectivity index (χ0) is 20.2. The fourth-order valence-corrected chi connectivity index (χ4v) is 3.55. The van der Waals surface area contributed by atoms with E-state index in [1.165, 1.54) is 0 Å². The third-order valence-corrected chi connectivity index (χ3v) is 5.04. The van der Waals surface area contributed by atoms with Gasteiger partial charge in [-0.3, -0.25) is 9.20 Å². The number of pyridine rings is 1. The lowest BCUT2D eigenvalue weighted by atomic mass is 9.95. The first kappa shape index (κ1) is 18.7. The van der Waals surface area contributed by atoms with Crippen molar-refractivity contribution in [2.75, 3.05) is 12.4 Å². The summed E-state index contributed by atoms with van der Waals surface area (Å²) in [6.07, 6.45) is 2.62. The minimum absolute atomic E-state index is 0.0477. The van der Waals surface area contributed by atoms with Gasteiger partial charge in [0.15, 0.2) is 0 Å². The minimum atomic E-state index is -0.233. The molecule has 2 heterocycles. The lowest BCUT2D eigenvalue weighted by Crippen LogP contribution is -2.21. The molecule has 2 aromatic carbocycles. The predicted molar refractivity (Wildman–Crippen MR) is 115 cm³/mol. The Morgan fingerprint density at radius 3 is 2.62 bits per heavy atom. The molecule has 0 fully saturated rings. The van der Waals surface area contributed by atoms with Gasteiger partial charge in [0, 0.05) is 11.8 Å². The average molecular weight is 385 g/mol. The zero-order valence-corrected chi connectivity index (χ0v) is 16.5. The number of carbonyl (C=O) groups is 1. The summed E-state index contributed by atoms with van der Waals surface area (Å²) in [4.78, 5) is 18.0. The van der Waals surface area contributed by atoms with Crippen LogP contribution in [-0.2, 0) is 4.79 Å². The number of ether oxygens (including phenoxy) is 1. The number of methoxy groups -OCH3 is 1. The van der Waals surface area contributed by atoms with E-state index in [2.05, 4.69) is 5.32 Å². The van der Waals surface area contributed by atoms with E-state index in [-0.39, 0.29) is 11.8 Å². The molecular weight excluding hydrogens is 362 g/mol. The van der Waals surface area contributed by atoms with Crippen LogP contribution >= 0.6 is 0 Å². The van der Waals surface area contributed by atoms with Gasteiger partial charge in [0.05, 0.1) is 13.0 Å². The highest BCUT2D eigenvalue weighted by Gasteiger charge is 2.22. The molecular formula is C24H23N3O2. The van der Waals surface area contributed by atoms with Crippen molar-refractivity contribution in [3.05, 3.63) is 84.6 Å². The van der Waals surface area contributed by atoms with E-state index in [4.69, 9.17) is 9.72 Å². The molecule has 1 atom stereocenters.